The fraction of sp³-hybridized carbons (Fsp3) is 0.158. The molecule has 0 saturated heterocycles. The van der Waals surface area contributed by atoms with Gasteiger partial charge in [0.05, 0.1) is 11.4 Å². The van der Waals surface area contributed by atoms with E-state index in [1.165, 1.54) is 12.1 Å². The van der Waals surface area contributed by atoms with E-state index in [0.29, 0.717) is 0 Å². The number of aryl methyl sites for hydroxylation is 1. The lowest BCUT2D eigenvalue weighted by atomic mass is 10.2. The number of pyridine rings is 1. The van der Waals surface area contributed by atoms with E-state index in [-0.39, 0.29) is 5.82 Å². The third-order valence-electron chi connectivity index (χ3n) is 4.15. The summed E-state index contributed by atoms with van der Waals surface area (Å²) in [6.45, 7) is 2.10. The smallest absolute Gasteiger partial charge is 0.191 e. The summed E-state index contributed by atoms with van der Waals surface area (Å²) in [7, 11) is 2.00. The standard InChI is InChI=1S/C19H17FN4S/c1-3-15-18(24-11-5-4-6-17(24)21-15)23(2)19-22-16(12-25-19)13-7-9-14(20)10-8-13/h4-12H,3H2,1-2H3. The quantitative estimate of drug-likeness (QED) is 0.522. The molecule has 4 aromatic rings. The summed E-state index contributed by atoms with van der Waals surface area (Å²) in [5, 5.41) is 2.87. The minimum Gasteiger partial charge on any atom is -0.305 e. The molecule has 3 heterocycles. The maximum atomic E-state index is 13.1. The molecule has 3 aromatic heterocycles. The van der Waals surface area contributed by atoms with Crippen molar-refractivity contribution in [3.8, 4) is 11.3 Å². The SMILES string of the molecule is CCc1nc2ccccn2c1N(C)c1nc(-c2ccc(F)cc2)cs1. The molecule has 0 aliphatic rings. The van der Waals surface area contributed by atoms with E-state index in [0.717, 1.165) is 40.0 Å². The van der Waals surface area contributed by atoms with E-state index in [1.54, 1.807) is 23.5 Å². The molecule has 0 fully saturated rings. The van der Waals surface area contributed by atoms with Gasteiger partial charge in [-0.25, -0.2) is 14.4 Å². The number of fused-ring (bicyclic) bond motifs is 1. The molecule has 4 nitrogen and oxygen atoms in total. The Morgan fingerprint density at radius 3 is 2.68 bits per heavy atom. The largest absolute Gasteiger partial charge is 0.305 e. The van der Waals surface area contributed by atoms with E-state index in [1.807, 2.05) is 36.8 Å². The van der Waals surface area contributed by atoms with Gasteiger partial charge in [0.2, 0.25) is 0 Å². The first-order valence-corrected chi connectivity index (χ1v) is 8.96. The van der Waals surface area contributed by atoms with Crippen LogP contribution in [0, 0.1) is 5.82 Å². The van der Waals surface area contributed by atoms with Crippen LogP contribution < -0.4 is 4.90 Å². The number of thiazole rings is 1. The predicted octanol–water partition coefficient (Wildman–Crippen LogP) is 4.93. The second-order valence-corrected chi connectivity index (χ2v) is 6.58. The van der Waals surface area contributed by atoms with Crippen LogP contribution in [0.1, 0.15) is 12.6 Å². The summed E-state index contributed by atoms with van der Waals surface area (Å²) in [4.78, 5) is 11.5. The molecule has 0 unspecified atom stereocenters. The van der Waals surface area contributed by atoms with Gasteiger partial charge in [0.25, 0.3) is 0 Å². The third kappa shape index (κ3) is 2.78. The van der Waals surface area contributed by atoms with Crippen LogP contribution in [0.15, 0.2) is 54.0 Å². The molecule has 1 aromatic carbocycles. The average molecular weight is 352 g/mol. The number of benzene rings is 1. The molecule has 6 heteroatoms. The van der Waals surface area contributed by atoms with Gasteiger partial charge < -0.3 is 4.90 Å². The summed E-state index contributed by atoms with van der Waals surface area (Å²) in [6, 6.07) is 12.4. The first kappa shape index (κ1) is 15.8. The fourth-order valence-electron chi connectivity index (χ4n) is 2.89. The third-order valence-corrected chi connectivity index (χ3v) is 5.06. The van der Waals surface area contributed by atoms with Crippen molar-refractivity contribution < 1.29 is 4.39 Å². The molecule has 0 spiro atoms. The molecule has 0 aliphatic heterocycles. The number of nitrogens with zero attached hydrogens (tertiary/aromatic N) is 4. The van der Waals surface area contributed by atoms with Crippen LogP contribution in [0.5, 0.6) is 0 Å². The normalized spacial score (nSPS) is 11.2. The zero-order chi connectivity index (χ0) is 17.4. The summed E-state index contributed by atoms with van der Waals surface area (Å²) in [6.07, 6.45) is 2.86. The predicted molar refractivity (Wildman–Crippen MR) is 100 cm³/mol. The van der Waals surface area contributed by atoms with Gasteiger partial charge in [-0.15, -0.1) is 11.3 Å². The Balaban J connectivity index is 1.75. The van der Waals surface area contributed by atoms with Crippen LogP contribution in [0.4, 0.5) is 15.3 Å². The molecule has 0 saturated carbocycles. The van der Waals surface area contributed by atoms with Crippen LogP contribution >= 0.6 is 11.3 Å². The molecule has 0 N–H and O–H groups in total. The van der Waals surface area contributed by atoms with Crippen molar-refractivity contribution in [2.45, 2.75) is 13.3 Å². The second-order valence-electron chi connectivity index (χ2n) is 5.75. The van der Waals surface area contributed by atoms with E-state index in [4.69, 9.17) is 9.97 Å². The highest BCUT2D eigenvalue weighted by Crippen LogP contribution is 2.33. The van der Waals surface area contributed by atoms with Gasteiger partial charge in [0.1, 0.15) is 17.3 Å². The number of hydrogen-bond acceptors (Lipinski definition) is 4. The first-order valence-electron chi connectivity index (χ1n) is 8.08. The van der Waals surface area contributed by atoms with Crippen molar-refractivity contribution in [2.75, 3.05) is 11.9 Å². The fourth-order valence-corrected chi connectivity index (χ4v) is 3.69. The summed E-state index contributed by atoms with van der Waals surface area (Å²) in [5.74, 6) is 0.785. The van der Waals surface area contributed by atoms with Gasteiger partial charge in [-0.05, 0) is 42.8 Å². The van der Waals surface area contributed by atoms with Crippen molar-refractivity contribution in [2.24, 2.45) is 0 Å². The van der Waals surface area contributed by atoms with Crippen LogP contribution in [-0.4, -0.2) is 21.4 Å². The highest BCUT2D eigenvalue weighted by atomic mass is 32.1. The van der Waals surface area contributed by atoms with Crippen LogP contribution in [0.2, 0.25) is 0 Å². The molecular formula is C19H17FN4S. The van der Waals surface area contributed by atoms with E-state index < -0.39 is 0 Å². The summed E-state index contributed by atoms with van der Waals surface area (Å²) < 4.78 is 15.2. The van der Waals surface area contributed by atoms with Crippen molar-refractivity contribution in [1.82, 2.24) is 14.4 Å². The monoisotopic (exact) mass is 352 g/mol. The van der Waals surface area contributed by atoms with E-state index in [9.17, 15) is 4.39 Å². The molecule has 126 valence electrons. The molecule has 0 bridgehead atoms. The number of halogens is 1. The minimum atomic E-state index is -0.241. The lowest BCUT2D eigenvalue weighted by Gasteiger charge is -2.16. The maximum absolute atomic E-state index is 13.1. The molecule has 4 rings (SSSR count). The Labute approximate surface area is 149 Å². The van der Waals surface area contributed by atoms with Gasteiger partial charge in [0.15, 0.2) is 5.13 Å². The Hall–Kier alpha value is -2.73. The van der Waals surface area contributed by atoms with Crippen LogP contribution in [0.3, 0.4) is 0 Å². The van der Waals surface area contributed by atoms with Gasteiger partial charge in [-0.2, -0.15) is 0 Å². The number of imidazole rings is 1. The van der Waals surface area contributed by atoms with Gasteiger partial charge in [-0.3, -0.25) is 4.40 Å². The van der Waals surface area contributed by atoms with E-state index in [2.05, 4.69) is 16.2 Å². The molecule has 25 heavy (non-hydrogen) atoms. The average Bonchev–Trinajstić information content (AvgIpc) is 3.26. The topological polar surface area (TPSA) is 33.4 Å². The first-order chi connectivity index (χ1) is 12.2. The van der Waals surface area contributed by atoms with Gasteiger partial charge in [0, 0.05) is 24.2 Å². The van der Waals surface area contributed by atoms with Crippen molar-refractivity contribution in [3.63, 3.8) is 0 Å². The maximum Gasteiger partial charge on any atom is 0.191 e. The number of rotatable bonds is 4. The summed E-state index contributed by atoms with van der Waals surface area (Å²) >= 11 is 1.56. The number of anilines is 2. The number of hydrogen-bond donors (Lipinski definition) is 0. The Morgan fingerprint density at radius 1 is 1.12 bits per heavy atom. The molecule has 0 radical (unpaired) electrons. The molecule has 0 amide bonds. The summed E-state index contributed by atoms with van der Waals surface area (Å²) in [5.41, 5.74) is 3.72. The van der Waals surface area contributed by atoms with Crippen LogP contribution in [-0.2, 0) is 6.42 Å². The minimum absolute atomic E-state index is 0.241. The second kappa shape index (κ2) is 6.29. The lowest BCUT2D eigenvalue weighted by molar-refractivity contribution is 0.628. The zero-order valence-corrected chi connectivity index (χ0v) is 14.8. The molecule has 0 aliphatic carbocycles. The van der Waals surface area contributed by atoms with Crippen molar-refractivity contribution in [1.29, 1.82) is 0 Å². The molecule has 0 atom stereocenters. The van der Waals surface area contributed by atoms with Crippen LogP contribution in [0.25, 0.3) is 16.9 Å². The highest BCUT2D eigenvalue weighted by molar-refractivity contribution is 7.14. The van der Waals surface area contributed by atoms with Gasteiger partial charge >= 0.3 is 0 Å². The highest BCUT2D eigenvalue weighted by Gasteiger charge is 2.18. The van der Waals surface area contributed by atoms with Gasteiger partial charge in [-0.1, -0.05) is 13.0 Å². The molecular weight excluding hydrogens is 335 g/mol. The van der Waals surface area contributed by atoms with E-state index >= 15 is 0 Å². The van der Waals surface area contributed by atoms with Crippen molar-refractivity contribution >= 4 is 27.9 Å². The number of aromatic nitrogens is 3. The Morgan fingerprint density at radius 2 is 1.92 bits per heavy atom. The van der Waals surface area contributed by atoms with Crippen molar-refractivity contribution in [3.05, 3.63) is 65.6 Å². The Bertz CT molecular complexity index is 1020. The lowest BCUT2D eigenvalue weighted by Crippen LogP contribution is -2.13. The Kier molecular flexibility index (Phi) is 3.97. The zero-order valence-electron chi connectivity index (χ0n) is 14.0.